The second-order valence-corrected chi connectivity index (χ2v) is 11.5. The average molecular weight is 592 g/mol. The van der Waals surface area contributed by atoms with Gasteiger partial charge in [0.25, 0.3) is 0 Å². The van der Waals surface area contributed by atoms with Crippen LogP contribution in [-0.4, -0.2) is 41.5 Å². The number of ether oxygens (including phenoxy) is 2. The van der Waals surface area contributed by atoms with Crippen LogP contribution in [-0.2, 0) is 6.54 Å². The molecule has 1 unspecified atom stereocenters. The zero-order valence-electron chi connectivity index (χ0n) is 24.5. The molecule has 1 atom stereocenters. The van der Waals surface area contributed by atoms with Crippen molar-refractivity contribution in [3.63, 3.8) is 0 Å². The zero-order valence-corrected chi connectivity index (χ0v) is 25.3. The summed E-state index contributed by atoms with van der Waals surface area (Å²) in [5, 5.41) is 8.77. The molecule has 0 spiro atoms. The molecule has 0 aliphatic rings. The Bertz CT molecular complexity index is 1930. The first-order chi connectivity index (χ1) is 20.9. The number of Topliss-reactive ketones (excluding diaryl/α,β-unsaturated/α-hetero) is 1. The number of carbonyl (C=O) groups excluding carboxylic acids is 1. The maximum atomic E-state index is 13.0. The van der Waals surface area contributed by atoms with Gasteiger partial charge in [-0.1, -0.05) is 42.5 Å². The first-order valence-corrected chi connectivity index (χ1v) is 14.9. The van der Waals surface area contributed by atoms with E-state index in [2.05, 4.69) is 57.9 Å². The van der Waals surface area contributed by atoms with Crippen LogP contribution in [0, 0.1) is 6.92 Å². The number of hydrogen-bond donors (Lipinski definition) is 3. The number of benzene rings is 3. The summed E-state index contributed by atoms with van der Waals surface area (Å²) in [4.78, 5) is 27.8. The third-order valence-corrected chi connectivity index (χ3v) is 8.79. The lowest BCUT2D eigenvalue weighted by molar-refractivity contribution is 0.0992. The predicted octanol–water partition coefficient (Wildman–Crippen LogP) is 7.31. The quantitative estimate of drug-likeness (QED) is 0.136. The molecule has 0 saturated heterocycles. The van der Waals surface area contributed by atoms with Gasteiger partial charge >= 0.3 is 0 Å². The number of aromatic amines is 1. The van der Waals surface area contributed by atoms with E-state index < -0.39 is 0 Å². The number of ketones is 1. The first kappa shape index (κ1) is 28.4. The number of carbonyl (C=O) groups is 1. The molecule has 6 rings (SSSR count). The van der Waals surface area contributed by atoms with E-state index in [-0.39, 0.29) is 18.4 Å². The largest absolute Gasteiger partial charge is 0.493 e. The molecule has 218 valence electrons. The second kappa shape index (κ2) is 12.2. The van der Waals surface area contributed by atoms with E-state index in [9.17, 15) is 4.79 Å². The topological polar surface area (TPSA) is 101 Å². The number of aromatic nitrogens is 3. The molecule has 43 heavy (non-hydrogen) atoms. The third kappa shape index (κ3) is 5.82. The monoisotopic (exact) mass is 591 g/mol. The molecule has 0 aliphatic carbocycles. The molecule has 0 fully saturated rings. The minimum Gasteiger partial charge on any atom is -0.493 e. The summed E-state index contributed by atoms with van der Waals surface area (Å²) in [5.41, 5.74) is 4.76. The van der Waals surface area contributed by atoms with Crippen LogP contribution in [0.4, 0.5) is 5.82 Å². The summed E-state index contributed by atoms with van der Waals surface area (Å²) >= 11 is 1.74. The van der Waals surface area contributed by atoms with Gasteiger partial charge in [0.05, 0.1) is 32.3 Å². The molecule has 3 aromatic heterocycles. The van der Waals surface area contributed by atoms with Crippen molar-refractivity contribution in [3.8, 4) is 21.9 Å². The van der Waals surface area contributed by atoms with Crippen molar-refractivity contribution in [2.45, 2.75) is 26.4 Å². The van der Waals surface area contributed by atoms with Gasteiger partial charge in [-0.2, -0.15) is 0 Å². The summed E-state index contributed by atoms with van der Waals surface area (Å²) in [6.07, 6.45) is 1.80. The number of H-pyrrole nitrogens is 1. The van der Waals surface area contributed by atoms with Gasteiger partial charge in [-0.05, 0) is 49.2 Å². The number of fused-ring (bicyclic) bond motifs is 2. The van der Waals surface area contributed by atoms with E-state index in [1.54, 1.807) is 31.8 Å². The number of methoxy groups -OCH3 is 2. The Balaban J connectivity index is 1.17. The summed E-state index contributed by atoms with van der Waals surface area (Å²) in [6, 6.07) is 24.3. The molecule has 0 saturated carbocycles. The highest BCUT2D eigenvalue weighted by Crippen LogP contribution is 2.37. The summed E-state index contributed by atoms with van der Waals surface area (Å²) in [5.74, 6) is 2.74. The Hall–Kier alpha value is -4.73. The van der Waals surface area contributed by atoms with Crippen LogP contribution in [0.15, 0.2) is 79.0 Å². The molecule has 3 heterocycles. The Morgan fingerprint density at radius 2 is 1.72 bits per heavy atom. The van der Waals surface area contributed by atoms with Crippen molar-refractivity contribution in [2.75, 3.05) is 26.1 Å². The smallest absolute Gasteiger partial charge is 0.178 e. The number of thiophene rings is 1. The normalized spacial score (nSPS) is 12.0. The van der Waals surface area contributed by atoms with Crippen LogP contribution in [0.5, 0.6) is 11.5 Å². The van der Waals surface area contributed by atoms with E-state index >= 15 is 0 Å². The lowest BCUT2D eigenvalue weighted by atomic mass is 10.1. The summed E-state index contributed by atoms with van der Waals surface area (Å²) in [6.45, 7) is 4.86. The molecule has 0 aliphatic heterocycles. The second-order valence-electron chi connectivity index (χ2n) is 10.3. The summed E-state index contributed by atoms with van der Waals surface area (Å²) in [7, 11) is 3.24. The number of nitrogens with one attached hydrogen (secondary N) is 3. The van der Waals surface area contributed by atoms with Gasteiger partial charge in [0.15, 0.2) is 17.3 Å². The van der Waals surface area contributed by atoms with Gasteiger partial charge in [-0.15, -0.1) is 11.3 Å². The van der Waals surface area contributed by atoms with Crippen molar-refractivity contribution < 1.29 is 14.3 Å². The minimum absolute atomic E-state index is 0.00317. The van der Waals surface area contributed by atoms with Crippen LogP contribution in [0.1, 0.15) is 39.6 Å². The van der Waals surface area contributed by atoms with Crippen LogP contribution >= 0.6 is 11.3 Å². The molecule has 6 aromatic rings. The molecule has 3 N–H and O–H groups in total. The highest BCUT2D eigenvalue weighted by molar-refractivity contribution is 7.15. The Morgan fingerprint density at radius 3 is 2.56 bits per heavy atom. The predicted molar refractivity (Wildman–Crippen MR) is 174 cm³/mol. The van der Waals surface area contributed by atoms with Gasteiger partial charge in [0.2, 0.25) is 0 Å². The van der Waals surface area contributed by atoms with Gasteiger partial charge in [0.1, 0.15) is 11.6 Å². The fraction of sp³-hybridized carbons (Fsp3) is 0.206. The fourth-order valence-electron chi connectivity index (χ4n) is 5.31. The van der Waals surface area contributed by atoms with Crippen LogP contribution in [0.25, 0.3) is 32.2 Å². The Morgan fingerprint density at radius 1 is 0.953 bits per heavy atom. The number of hydrogen-bond acceptors (Lipinski definition) is 8. The molecular formula is C34H33N5O3S. The SMILES string of the molecule is COc1cc2nc(C)nc(NC(C)c3ccc(-c4ccccc4CNCC(=O)c4c[nH]c5ccccc45)s3)c2cc1OC. The Kier molecular flexibility index (Phi) is 8.09. The van der Waals surface area contributed by atoms with E-state index in [0.717, 1.165) is 38.8 Å². The van der Waals surface area contributed by atoms with E-state index in [1.165, 1.54) is 9.75 Å². The van der Waals surface area contributed by atoms with Gasteiger partial charge < -0.3 is 25.1 Å². The molecule has 0 radical (unpaired) electrons. The van der Waals surface area contributed by atoms with Crippen molar-refractivity contribution in [3.05, 3.63) is 101 Å². The highest BCUT2D eigenvalue weighted by atomic mass is 32.1. The zero-order chi connectivity index (χ0) is 29.9. The number of aryl methyl sites for hydroxylation is 1. The van der Waals surface area contributed by atoms with Crippen molar-refractivity contribution in [1.82, 2.24) is 20.3 Å². The number of anilines is 1. The molecular weight excluding hydrogens is 558 g/mol. The summed E-state index contributed by atoms with van der Waals surface area (Å²) < 4.78 is 11.0. The molecule has 0 amide bonds. The number of rotatable bonds is 11. The van der Waals surface area contributed by atoms with Crippen LogP contribution in [0.2, 0.25) is 0 Å². The van der Waals surface area contributed by atoms with Crippen molar-refractivity contribution in [2.24, 2.45) is 0 Å². The number of para-hydroxylation sites is 1. The van der Waals surface area contributed by atoms with Gasteiger partial charge in [-0.3, -0.25) is 4.79 Å². The minimum atomic E-state index is 0.00317. The molecule has 8 nitrogen and oxygen atoms in total. The maximum Gasteiger partial charge on any atom is 0.178 e. The molecule has 9 heteroatoms. The van der Waals surface area contributed by atoms with Gasteiger partial charge in [0, 0.05) is 50.4 Å². The highest BCUT2D eigenvalue weighted by Gasteiger charge is 2.17. The van der Waals surface area contributed by atoms with Crippen LogP contribution in [0.3, 0.4) is 0 Å². The number of nitrogens with zero attached hydrogens (tertiary/aromatic N) is 2. The van der Waals surface area contributed by atoms with Crippen LogP contribution < -0.4 is 20.1 Å². The van der Waals surface area contributed by atoms with Crippen molar-refractivity contribution >= 4 is 44.7 Å². The first-order valence-electron chi connectivity index (χ1n) is 14.1. The lowest BCUT2D eigenvalue weighted by Gasteiger charge is -2.17. The average Bonchev–Trinajstić information content (AvgIpc) is 3.69. The molecule has 0 bridgehead atoms. The standard InChI is InChI=1S/C34H33N5O3S/c1-20(37-34-25-15-30(41-3)31(42-4)16-28(25)38-21(2)39-34)32-13-14-33(43-32)23-10-6-5-9-22(23)17-35-19-29(40)26-18-36-27-12-8-7-11-24(26)27/h5-16,18,20,35-36H,17,19H2,1-4H3,(H,37,38,39). The third-order valence-electron chi connectivity index (χ3n) is 7.49. The fourth-order valence-corrected chi connectivity index (χ4v) is 6.38. The molecule has 3 aromatic carbocycles. The van der Waals surface area contributed by atoms with E-state index in [0.29, 0.717) is 29.4 Å². The Labute approximate surface area is 254 Å². The van der Waals surface area contributed by atoms with E-state index in [1.807, 2.05) is 49.4 Å². The van der Waals surface area contributed by atoms with E-state index in [4.69, 9.17) is 14.5 Å². The maximum absolute atomic E-state index is 13.0. The van der Waals surface area contributed by atoms with Crippen molar-refractivity contribution in [1.29, 1.82) is 0 Å². The van der Waals surface area contributed by atoms with Gasteiger partial charge in [-0.25, -0.2) is 9.97 Å². The lowest BCUT2D eigenvalue weighted by Crippen LogP contribution is -2.22.